The van der Waals surface area contributed by atoms with Crippen LogP contribution < -0.4 is 10.5 Å². The molecule has 3 aromatic rings. The summed E-state index contributed by atoms with van der Waals surface area (Å²) in [6.45, 7) is 1.03. The molecule has 4 rings (SSSR count). The van der Waals surface area contributed by atoms with Crippen molar-refractivity contribution in [2.75, 3.05) is 18.9 Å². The molecule has 8 nitrogen and oxygen atoms in total. The smallest absolute Gasteiger partial charge is 0.416 e. The van der Waals surface area contributed by atoms with Crippen LogP contribution in [0.2, 0.25) is 0 Å². The van der Waals surface area contributed by atoms with Crippen LogP contribution in [0.4, 0.5) is 19.0 Å². The summed E-state index contributed by atoms with van der Waals surface area (Å²) in [6, 6.07) is 1.58. The molecule has 1 atom stereocenters. The van der Waals surface area contributed by atoms with Gasteiger partial charge in [-0.3, -0.25) is 0 Å². The molecule has 4 heterocycles. The molecule has 136 valence electrons. The molecule has 11 heteroatoms. The van der Waals surface area contributed by atoms with Crippen molar-refractivity contribution in [1.82, 2.24) is 24.7 Å². The first kappa shape index (κ1) is 16.5. The fraction of sp³-hybridized carbons (Fsp3) is 0.333. The number of aromatic nitrogens is 5. The highest BCUT2D eigenvalue weighted by atomic mass is 19.4. The summed E-state index contributed by atoms with van der Waals surface area (Å²) < 4.78 is 51.1. The van der Waals surface area contributed by atoms with E-state index in [2.05, 4.69) is 20.1 Å². The van der Waals surface area contributed by atoms with Crippen LogP contribution in [0.5, 0.6) is 11.8 Å². The second-order valence-electron chi connectivity index (χ2n) is 5.71. The van der Waals surface area contributed by atoms with Gasteiger partial charge in [-0.1, -0.05) is 0 Å². The molecule has 3 aromatic heterocycles. The Morgan fingerprint density at radius 1 is 1.27 bits per heavy atom. The lowest BCUT2D eigenvalue weighted by Gasteiger charge is -2.08. The van der Waals surface area contributed by atoms with E-state index in [-0.39, 0.29) is 23.6 Å². The summed E-state index contributed by atoms with van der Waals surface area (Å²) in [6.07, 6.45) is -1.48. The maximum absolute atomic E-state index is 12.9. The second-order valence-corrected chi connectivity index (χ2v) is 5.71. The van der Waals surface area contributed by atoms with Gasteiger partial charge in [0.15, 0.2) is 5.65 Å². The zero-order valence-electron chi connectivity index (χ0n) is 13.3. The average molecular weight is 366 g/mol. The van der Waals surface area contributed by atoms with Gasteiger partial charge in [0.25, 0.3) is 5.88 Å². The van der Waals surface area contributed by atoms with E-state index in [4.69, 9.17) is 15.2 Å². The summed E-state index contributed by atoms with van der Waals surface area (Å²) >= 11 is 0. The van der Waals surface area contributed by atoms with Crippen molar-refractivity contribution >= 4 is 16.9 Å². The largest absolute Gasteiger partial charge is 0.418 e. The number of hydrogen-bond acceptors (Lipinski definition) is 7. The number of alkyl halides is 3. The topological polar surface area (TPSA) is 101 Å². The van der Waals surface area contributed by atoms with E-state index >= 15 is 0 Å². The van der Waals surface area contributed by atoms with Crippen LogP contribution in [0.1, 0.15) is 18.0 Å². The summed E-state index contributed by atoms with van der Waals surface area (Å²) in [7, 11) is 0. The summed E-state index contributed by atoms with van der Waals surface area (Å²) in [4.78, 5) is 11.9. The van der Waals surface area contributed by atoms with Crippen LogP contribution in [0, 0.1) is 0 Å². The Kier molecular flexibility index (Phi) is 3.87. The minimum atomic E-state index is -4.51. The normalized spacial score (nSPS) is 17.7. The molecule has 0 aromatic carbocycles. The van der Waals surface area contributed by atoms with Gasteiger partial charge in [-0.05, 0) is 12.5 Å². The van der Waals surface area contributed by atoms with Gasteiger partial charge < -0.3 is 15.2 Å². The van der Waals surface area contributed by atoms with Crippen molar-refractivity contribution in [3.63, 3.8) is 0 Å². The van der Waals surface area contributed by atoms with Crippen molar-refractivity contribution in [3.8, 4) is 11.8 Å². The maximum atomic E-state index is 12.9. The number of hydrogen-bond donors (Lipinski definition) is 1. The Labute approximate surface area is 144 Å². The predicted octanol–water partition coefficient (Wildman–Crippen LogP) is 2.58. The minimum Gasteiger partial charge on any atom is -0.418 e. The van der Waals surface area contributed by atoms with Crippen LogP contribution in [0.25, 0.3) is 11.0 Å². The van der Waals surface area contributed by atoms with E-state index in [1.165, 1.54) is 6.33 Å². The van der Waals surface area contributed by atoms with E-state index < -0.39 is 11.7 Å². The van der Waals surface area contributed by atoms with Gasteiger partial charge in [0.05, 0.1) is 18.2 Å². The van der Waals surface area contributed by atoms with Crippen LogP contribution in [-0.2, 0) is 10.9 Å². The van der Waals surface area contributed by atoms with E-state index in [9.17, 15) is 13.2 Å². The van der Waals surface area contributed by atoms with Crippen LogP contribution >= 0.6 is 0 Å². The van der Waals surface area contributed by atoms with Gasteiger partial charge >= 0.3 is 6.18 Å². The van der Waals surface area contributed by atoms with Gasteiger partial charge in [0, 0.05) is 18.9 Å². The van der Waals surface area contributed by atoms with Crippen molar-refractivity contribution in [2.24, 2.45) is 0 Å². The maximum Gasteiger partial charge on any atom is 0.416 e. The van der Waals surface area contributed by atoms with Gasteiger partial charge in [-0.25, -0.2) is 19.6 Å². The van der Waals surface area contributed by atoms with Crippen molar-refractivity contribution in [2.45, 2.75) is 18.6 Å². The Bertz CT molecular complexity index is 952. The first-order chi connectivity index (χ1) is 12.4. The molecule has 1 aliphatic heterocycles. The summed E-state index contributed by atoms with van der Waals surface area (Å²) in [5.41, 5.74) is 5.46. The SMILES string of the molecule is Nc1ncnc2c1c(Oc1cc(C(F)(F)F)ccn1)nn2C1CCOC1. The highest BCUT2D eigenvalue weighted by Gasteiger charge is 2.31. The third-order valence-corrected chi connectivity index (χ3v) is 4.00. The molecule has 0 amide bonds. The third kappa shape index (κ3) is 2.90. The summed E-state index contributed by atoms with van der Waals surface area (Å²) in [5.74, 6) is -0.142. The molecule has 0 aliphatic carbocycles. The van der Waals surface area contributed by atoms with Crippen LogP contribution in [0.15, 0.2) is 24.7 Å². The van der Waals surface area contributed by atoms with E-state index in [1.807, 2.05) is 0 Å². The fourth-order valence-electron chi connectivity index (χ4n) is 2.75. The molecule has 1 aliphatic rings. The second kappa shape index (κ2) is 6.09. The molecule has 0 radical (unpaired) electrons. The third-order valence-electron chi connectivity index (χ3n) is 4.00. The number of nitrogen functional groups attached to an aromatic ring is 1. The Morgan fingerprint density at radius 2 is 2.12 bits per heavy atom. The first-order valence-electron chi connectivity index (χ1n) is 7.71. The molecular formula is C15H13F3N6O2. The molecule has 0 spiro atoms. The van der Waals surface area contributed by atoms with Gasteiger partial charge in [0.1, 0.15) is 17.5 Å². The zero-order chi connectivity index (χ0) is 18.3. The number of fused-ring (bicyclic) bond motifs is 1. The van der Waals surface area contributed by atoms with Gasteiger partial charge in [0.2, 0.25) is 5.88 Å². The molecular weight excluding hydrogens is 353 g/mol. The molecule has 0 bridgehead atoms. The highest BCUT2D eigenvalue weighted by molar-refractivity contribution is 5.90. The lowest BCUT2D eigenvalue weighted by molar-refractivity contribution is -0.137. The van der Waals surface area contributed by atoms with E-state index in [0.717, 1.165) is 24.8 Å². The van der Waals surface area contributed by atoms with E-state index in [1.54, 1.807) is 4.68 Å². The highest BCUT2D eigenvalue weighted by Crippen LogP contribution is 2.35. The number of pyridine rings is 1. The number of nitrogens with two attached hydrogens (primary N) is 1. The Balaban J connectivity index is 1.77. The number of nitrogens with zero attached hydrogens (tertiary/aromatic N) is 5. The summed E-state index contributed by atoms with van der Waals surface area (Å²) in [5, 5.41) is 4.65. The number of ether oxygens (including phenoxy) is 2. The zero-order valence-corrected chi connectivity index (χ0v) is 13.3. The monoisotopic (exact) mass is 366 g/mol. The fourth-order valence-corrected chi connectivity index (χ4v) is 2.75. The van der Waals surface area contributed by atoms with E-state index in [0.29, 0.717) is 24.2 Å². The van der Waals surface area contributed by atoms with Crippen molar-refractivity contribution in [1.29, 1.82) is 0 Å². The quantitative estimate of drug-likeness (QED) is 0.760. The lowest BCUT2D eigenvalue weighted by Crippen LogP contribution is -2.11. The Hall–Kier alpha value is -2.95. The predicted molar refractivity (Wildman–Crippen MR) is 83.5 cm³/mol. The molecule has 1 unspecified atom stereocenters. The van der Waals surface area contributed by atoms with Gasteiger partial charge in [-0.2, -0.15) is 13.2 Å². The molecule has 26 heavy (non-hydrogen) atoms. The number of anilines is 1. The number of rotatable bonds is 3. The lowest BCUT2D eigenvalue weighted by atomic mass is 10.2. The van der Waals surface area contributed by atoms with Crippen molar-refractivity contribution < 1.29 is 22.6 Å². The number of halogens is 3. The van der Waals surface area contributed by atoms with Crippen LogP contribution in [0.3, 0.4) is 0 Å². The first-order valence-corrected chi connectivity index (χ1v) is 7.71. The average Bonchev–Trinajstić information content (AvgIpc) is 3.23. The molecule has 1 saturated heterocycles. The van der Waals surface area contributed by atoms with Crippen molar-refractivity contribution in [3.05, 3.63) is 30.2 Å². The molecule has 1 fully saturated rings. The molecule has 0 saturated carbocycles. The standard InChI is InChI=1S/C15H13F3N6O2/c16-15(17,18)8-1-3-20-10(5-8)26-14-11-12(19)21-7-22-13(11)24(23-14)9-2-4-25-6-9/h1,3,5,7,9H,2,4,6H2,(H2,19,21,22). The molecule has 2 N–H and O–H groups in total. The van der Waals surface area contributed by atoms with Crippen LogP contribution in [-0.4, -0.2) is 37.9 Å². The van der Waals surface area contributed by atoms with Gasteiger partial charge in [-0.15, -0.1) is 5.10 Å². The Morgan fingerprint density at radius 3 is 2.85 bits per heavy atom. The minimum absolute atomic E-state index is 0.00294.